The van der Waals surface area contributed by atoms with E-state index in [4.69, 9.17) is 5.73 Å². The van der Waals surface area contributed by atoms with Gasteiger partial charge < -0.3 is 11.1 Å². The number of benzene rings is 2. The van der Waals surface area contributed by atoms with Crippen molar-refractivity contribution in [2.24, 2.45) is 5.10 Å². The topological polar surface area (TPSA) is 98.2 Å². The highest BCUT2D eigenvalue weighted by Gasteiger charge is 2.24. The molecule has 2 aromatic heterocycles. The number of carbonyl (C=O) groups is 1. The number of nitrogens with one attached hydrogen (secondary N) is 1. The minimum atomic E-state index is -0.284. The first-order valence-electron chi connectivity index (χ1n) is 9.65. The van der Waals surface area contributed by atoms with Gasteiger partial charge in [0.15, 0.2) is 5.65 Å². The van der Waals surface area contributed by atoms with Crippen LogP contribution in [0.1, 0.15) is 36.2 Å². The van der Waals surface area contributed by atoms with Gasteiger partial charge in [0.1, 0.15) is 16.9 Å². The van der Waals surface area contributed by atoms with Crippen LogP contribution in [0.15, 0.2) is 58.1 Å². The van der Waals surface area contributed by atoms with Gasteiger partial charge in [0.25, 0.3) is 5.91 Å². The molecular formula is C22H21BrN6O. The maximum atomic E-state index is 13.0. The maximum Gasteiger partial charge on any atom is 0.257 e. The highest BCUT2D eigenvalue weighted by molar-refractivity contribution is 9.10. The van der Waals surface area contributed by atoms with Gasteiger partial charge in [-0.05, 0) is 43.2 Å². The van der Waals surface area contributed by atoms with Gasteiger partial charge in [0, 0.05) is 10.5 Å². The van der Waals surface area contributed by atoms with E-state index in [9.17, 15) is 4.79 Å². The molecule has 0 bridgehead atoms. The number of para-hydroxylation sites is 2. The summed E-state index contributed by atoms with van der Waals surface area (Å²) in [5.41, 5.74) is 9.82. The van der Waals surface area contributed by atoms with Crippen LogP contribution in [0.2, 0.25) is 0 Å². The molecule has 0 saturated heterocycles. The second kappa shape index (κ2) is 8.23. The molecule has 7 nitrogen and oxygen atoms in total. The van der Waals surface area contributed by atoms with Crippen molar-refractivity contribution in [1.82, 2.24) is 20.0 Å². The van der Waals surface area contributed by atoms with Crippen molar-refractivity contribution in [1.29, 1.82) is 0 Å². The third-order valence-corrected chi connectivity index (χ3v) is 5.36. The summed E-state index contributed by atoms with van der Waals surface area (Å²) in [7, 11) is 0. The molecule has 0 aliphatic heterocycles. The van der Waals surface area contributed by atoms with E-state index in [0.717, 1.165) is 16.5 Å². The molecule has 1 amide bonds. The Kier molecular flexibility index (Phi) is 5.50. The summed E-state index contributed by atoms with van der Waals surface area (Å²) in [5.74, 6) is -0.0832. The fourth-order valence-electron chi connectivity index (χ4n) is 3.10. The molecule has 0 aliphatic rings. The molecule has 3 N–H and O–H groups in total. The first kappa shape index (κ1) is 20.0. The highest BCUT2D eigenvalue weighted by Crippen LogP contribution is 2.28. The lowest BCUT2D eigenvalue weighted by Crippen LogP contribution is -2.32. The van der Waals surface area contributed by atoms with Crippen molar-refractivity contribution < 1.29 is 4.79 Å². The van der Waals surface area contributed by atoms with Crippen molar-refractivity contribution in [2.75, 3.05) is 5.73 Å². The van der Waals surface area contributed by atoms with Crippen molar-refractivity contribution in [3.63, 3.8) is 0 Å². The Balaban J connectivity index is 1.91. The number of halogens is 1. The highest BCUT2D eigenvalue weighted by atomic mass is 79.9. The quantitative estimate of drug-likeness (QED) is 0.429. The number of nitrogens with zero attached hydrogens (tertiary/aromatic N) is 4. The summed E-state index contributed by atoms with van der Waals surface area (Å²) in [4.78, 5) is 22.4. The lowest BCUT2D eigenvalue weighted by atomic mass is 10.2. The zero-order chi connectivity index (χ0) is 21.3. The molecule has 0 spiro atoms. The van der Waals surface area contributed by atoms with Crippen molar-refractivity contribution in [3.8, 4) is 0 Å². The first-order valence-corrected chi connectivity index (χ1v) is 10.4. The number of nitrogen functional groups attached to an aromatic ring is 1. The largest absolute Gasteiger partial charge is 0.383 e. The Morgan fingerprint density at radius 3 is 2.67 bits per heavy atom. The number of anilines is 1. The number of nitrogens with two attached hydrogens (primary N) is 1. The van der Waals surface area contributed by atoms with E-state index in [1.54, 1.807) is 6.21 Å². The smallest absolute Gasteiger partial charge is 0.257 e. The molecule has 0 saturated carbocycles. The zero-order valence-corrected chi connectivity index (χ0v) is 18.2. The average molecular weight is 465 g/mol. The first-order chi connectivity index (χ1) is 14.5. The van der Waals surface area contributed by atoms with E-state index in [1.807, 2.05) is 62.4 Å². The van der Waals surface area contributed by atoms with Crippen LogP contribution in [-0.4, -0.2) is 32.8 Å². The molecule has 4 aromatic rings. The van der Waals surface area contributed by atoms with Crippen molar-refractivity contribution >= 4 is 56.1 Å². The molecule has 1 atom stereocenters. The summed E-state index contributed by atoms with van der Waals surface area (Å²) in [5, 5.41) is 7.48. The predicted octanol–water partition coefficient (Wildman–Crippen LogP) is 4.34. The van der Waals surface area contributed by atoms with Crippen LogP contribution in [0.5, 0.6) is 0 Å². The zero-order valence-electron chi connectivity index (χ0n) is 16.6. The van der Waals surface area contributed by atoms with Gasteiger partial charge in [-0.25, -0.2) is 9.97 Å². The van der Waals surface area contributed by atoms with Gasteiger partial charge >= 0.3 is 0 Å². The van der Waals surface area contributed by atoms with E-state index in [0.29, 0.717) is 22.2 Å². The Morgan fingerprint density at radius 1 is 1.23 bits per heavy atom. The Morgan fingerprint density at radius 2 is 1.97 bits per heavy atom. The Labute approximate surface area is 182 Å². The fraction of sp³-hybridized carbons (Fsp3) is 0.182. The molecule has 2 heterocycles. The molecular weight excluding hydrogens is 444 g/mol. The van der Waals surface area contributed by atoms with Crippen molar-refractivity contribution in [2.45, 2.75) is 26.3 Å². The minimum absolute atomic E-state index is 0.00823. The monoisotopic (exact) mass is 464 g/mol. The summed E-state index contributed by atoms with van der Waals surface area (Å²) < 4.78 is 2.41. The van der Waals surface area contributed by atoms with Gasteiger partial charge in [-0.2, -0.15) is 9.78 Å². The van der Waals surface area contributed by atoms with Crippen LogP contribution in [0.3, 0.4) is 0 Å². The summed E-state index contributed by atoms with van der Waals surface area (Å²) >= 11 is 3.45. The lowest BCUT2D eigenvalue weighted by Gasteiger charge is -2.11. The molecule has 152 valence electrons. The lowest BCUT2D eigenvalue weighted by molar-refractivity contribution is 0.0941. The molecule has 8 heteroatoms. The SMILES string of the molecule is CCC(C)NC(=O)c1c(N)n(/N=C/c2cccc(Br)c2)c2nc3ccccc3nc12. The minimum Gasteiger partial charge on any atom is -0.383 e. The van der Waals surface area contributed by atoms with E-state index < -0.39 is 0 Å². The van der Waals surface area contributed by atoms with Gasteiger partial charge in [0.05, 0.1) is 17.2 Å². The molecule has 0 aliphatic carbocycles. The van der Waals surface area contributed by atoms with Crippen LogP contribution in [-0.2, 0) is 0 Å². The van der Waals surface area contributed by atoms with Crippen LogP contribution in [0.25, 0.3) is 22.2 Å². The number of aromatic nitrogens is 3. The number of fused-ring (bicyclic) bond motifs is 2. The van der Waals surface area contributed by atoms with E-state index in [-0.39, 0.29) is 23.3 Å². The number of amides is 1. The standard InChI is InChI=1S/C22H21BrN6O/c1-3-13(2)26-22(30)18-19-21(28-17-10-5-4-9-16(17)27-19)29(20(18)24)25-12-14-7-6-8-15(23)11-14/h4-13H,3,24H2,1-2H3,(H,26,30)/b25-12+. The molecule has 2 aromatic carbocycles. The number of carbonyl (C=O) groups excluding carboxylic acids is 1. The second-order valence-electron chi connectivity index (χ2n) is 7.04. The number of hydrogen-bond donors (Lipinski definition) is 2. The van der Waals surface area contributed by atoms with Gasteiger partial charge in [0.2, 0.25) is 0 Å². The summed E-state index contributed by atoms with van der Waals surface area (Å²) in [6, 6.07) is 15.2. The van der Waals surface area contributed by atoms with Crippen LogP contribution < -0.4 is 11.1 Å². The molecule has 1 unspecified atom stereocenters. The number of rotatable bonds is 5. The Bertz CT molecular complexity index is 1280. The van der Waals surface area contributed by atoms with Gasteiger partial charge in [-0.15, -0.1) is 0 Å². The normalized spacial score (nSPS) is 12.6. The van der Waals surface area contributed by atoms with Crippen molar-refractivity contribution in [3.05, 3.63) is 64.1 Å². The van der Waals surface area contributed by atoms with E-state index >= 15 is 0 Å². The predicted molar refractivity (Wildman–Crippen MR) is 124 cm³/mol. The summed E-state index contributed by atoms with van der Waals surface area (Å²) in [6.45, 7) is 3.95. The Hall–Kier alpha value is -3.26. The third kappa shape index (κ3) is 3.78. The molecule has 0 fully saturated rings. The molecule has 30 heavy (non-hydrogen) atoms. The molecule has 0 radical (unpaired) electrons. The van der Waals surface area contributed by atoms with Gasteiger partial charge in [-0.1, -0.05) is 47.1 Å². The molecule has 4 rings (SSSR count). The van der Waals surface area contributed by atoms with Crippen LogP contribution in [0.4, 0.5) is 5.82 Å². The van der Waals surface area contributed by atoms with E-state index in [2.05, 4.69) is 36.3 Å². The number of hydrogen-bond acceptors (Lipinski definition) is 5. The summed E-state index contributed by atoms with van der Waals surface area (Å²) in [6.07, 6.45) is 2.48. The van der Waals surface area contributed by atoms with Crippen LogP contribution in [0, 0.1) is 0 Å². The third-order valence-electron chi connectivity index (χ3n) is 4.86. The second-order valence-corrected chi connectivity index (χ2v) is 7.95. The van der Waals surface area contributed by atoms with E-state index in [1.165, 1.54) is 4.68 Å². The fourth-order valence-corrected chi connectivity index (χ4v) is 3.51. The van der Waals surface area contributed by atoms with Gasteiger partial charge in [-0.3, -0.25) is 4.79 Å². The maximum absolute atomic E-state index is 13.0. The van der Waals surface area contributed by atoms with Crippen LogP contribution >= 0.6 is 15.9 Å². The average Bonchev–Trinajstić information content (AvgIpc) is 3.00.